The maximum absolute atomic E-state index is 11.7. The largest absolute Gasteiger partial charge is 0.618 e. The summed E-state index contributed by atoms with van der Waals surface area (Å²) in [4.78, 5) is 0. The summed E-state index contributed by atoms with van der Waals surface area (Å²) in [6.07, 6.45) is 2.31. The number of rotatable bonds is 3. The first-order valence-corrected chi connectivity index (χ1v) is 5.66. The topological polar surface area (TPSA) is 53.0 Å². The molecule has 0 saturated heterocycles. The Morgan fingerprint density at radius 3 is 2.59 bits per heavy atom. The number of benzene rings is 1. The summed E-state index contributed by atoms with van der Waals surface area (Å²) in [7, 11) is 0. The molecule has 3 nitrogen and oxygen atoms in total. The van der Waals surface area contributed by atoms with E-state index in [0.29, 0.717) is 5.69 Å². The van der Waals surface area contributed by atoms with E-state index in [9.17, 15) is 5.21 Å². The smallest absolute Gasteiger partial charge is 0.209 e. The maximum atomic E-state index is 11.7. The van der Waals surface area contributed by atoms with Gasteiger partial charge in [0.15, 0.2) is 6.20 Å². The predicted molar refractivity (Wildman–Crippen MR) is 67.3 cm³/mol. The molecule has 0 aliphatic rings. The fourth-order valence-electron chi connectivity index (χ4n) is 1.99. The van der Waals surface area contributed by atoms with Crippen molar-refractivity contribution in [1.29, 1.82) is 0 Å². The van der Waals surface area contributed by atoms with Gasteiger partial charge in [-0.3, -0.25) is 0 Å². The Bertz CT molecular complexity index is 509. The Morgan fingerprint density at radius 2 is 1.94 bits per heavy atom. The van der Waals surface area contributed by atoms with Crippen molar-refractivity contribution >= 4 is 0 Å². The Hall–Kier alpha value is -1.87. The molecule has 0 aliphatic carbocycles. The van der Waals surface area contributed by atoms with E-state index in [4.69, 9.17) is 5.73 Å². The number of hydrogen-bond acceptors (Lipinski definition) is 2. The number of hydrogen-bond donors (Lipinski definition) is 1. The summed E-state index contributed by atoms with van der Waals surface area (Å²) in [6, 6.07) is 12.1. The van der Waals surface area contributed by atoms with Gasteiger partial charge < -0.3 is 10.9 Å². The highest BCUT2D eigenvalue weighted by Gasteiger charge is 2.12. The maximum Gasteiger partial charge on any atom is 0.209 e. The first kappa shape index (κ1) is 11.6. The molecular formula is C14H16N2O. The fraction of sp³-hybridized carbons (Fsp3) is 0.214. The van der Waals surface area contributed by atoms with E-state index >= 15 is 0 Å². The standard InChI is InChI=1S/C14H16N2O/c1-11-7-13(14(9-15)16(17)10-11)8-12-5-3-2-4-6-12/h2-7,10H,8-9,15H2,1H3. The SMILES string of the molecule is Cc1cc(Cc2ccccc2)c(CN)[n+]([O-])c1. The first-order chi connectivity index (χ1) is 8.20. The zero-order valence-electron chi connectivity index (χ0n) is 9.89. The normalized spacial score (nSPS) is 10.5. The average Bonchev–Trinajstić information content (AvgIpc) is 2.30. The third-order valence-electron chi connectivity index (χ3n) is 2.79. The summed E-state index contributed by atoms with van der Waals surface area (Å²) in [5.41, 5.74) is 9.44. The Kier molecular flexibility index (Phi) is 3.40. The van der Waals surface area contributed by atoms with Gasteiger partial charge in [0, 0.05) is 17.5 Å². The second-order valence-electron chi connectivity index (χ2n) is 4.18. The van der Waals surface area contributed by atoms with Crippen molar-refractivity contribution in [2.45, 2.75) is 19.9 Å². The zero-order valence-corrected chi connectivity index (χ0v) is 9.89. The molecule has 0 amide bonds. The Labute approximate surface area is 101 Å². The summed E-state index contributed by atoms with van der Waals surface area (Å²) in [5, 5.41) is 11.7. The minimum atomic E-state index is 0.270. The predicted octanol–water partition coefficient (Wildman–Crippen LogP) is 1.68. The van der Waals surface area contributed by atoms with E-state index in [2.05, 4.69) is 12.1 Å². The Morgan fingerprint density at radius 1 is 1.24 bits per heavy atom. The molecule has 0 spiro atoms. The van der Waals surface area contributed by atoms with E-state index in [0.717, 1.165) is 22.3 Å². The molecule has 3 heteroatoms. The van der Waals surface area contributed by atoms with Gasteiger partial charge in [-0.2, -0.15) is 4.73 Å². The third-order valence-corrected chi connectivity index (χ3v) is 2.79. The van der Waals surface area contributed by atoms with E-state index in [1.807, 2.05) is 31.2 Å². The number of nitrogens with two attached hydrogens (primary N) is 1. The zero-order chi connectivity index (χ0) is 12.3. The number of pyridine rings is 1. The number of nitrogens with zero attached hydrogens (tertiary/aromatic N) is 1. The molecule has 0 atom stereocenters. The minimum Gasteiger partial charge on any atom is -0.618 e. The second kappa shape index (κ2) is 4.97. The average molecular weight is 228 g/mol. The molecule has 0 unspecified atom stereocenters. The monoisotopic (exact) mass is 228 g/mol. The highest BCUT2D eigenvalue weighted by Crippen LogP contribution is 2.12. The van der Waals surface area contributed by atoms with Crippen LogP contribution >= 0.6 is 0 Å². The minimum absolute atomic E-state index is 0.270. The highest BCUT2D eigenvalue weighted by molar-refractivity contribution is 5.29. The van der Waals surface area contributed by atoms with Crippen LogP contribution < -0.4 is 10.5 Å². The fourth-order valence-corrected chi connectivity index (χ4v) is 1.99. The van der Waals surface area contributed by atoms with Gasteiger partial charge in [-0.25, -0.2) is 0 Å². The van der Waals surface area contributed by atoms with Crippen LogP contribution in [0, 0.1) is 12.1 Å². The lowest BCUT2D eigenvalue weighted by atomic mass is 10.0. The van der Waals surface area contributed by atoms with Crippen molar-refractivity contribution in [3.05, 3.63) is 70.2 Å². The quantitative estimate of drug-likeness (QED) is 0.642. The molecule has 17 heavy (non-hydrogen) atoms. The van der Waals surface area contributed by atoms with Crippen LogP contribution in [0.2, 0.25) is 0 Å². The van der Waals surface area contributed by atoms with Crippen LogP contribution in [0.5, 0.6) is 0 Å². The molecule has 0 saturated carbocycles. The molecule has 2 rings (SSSR count). The molecule has 1 aromatic heterocycles. The van der Waals surface area contributed by atoms with Crippen LogP contribution in [0.1, 0.15) is 22.4 Å². The van der Waals surface area contributed by atoms with E-state index in [-0.39, 0.29) is 6.54 Å². The Balaban J connectivity index is 2.38. The van der Waals surface area contributed by atoms with Crippen LogP contribution in [0.4, 0.5) is 0 Å². The van der Waals surface area contributed by atoms with Crippen LogP contribution in [0.3, 0.4) is 0 Å². The highest BCUT2D eigenvalue weighted by atomic mass is 16.5. The lowest BCUT2D eigenvalue weighted by Gasteiger charge is -2.09. The van der Waals surface area contributed by atoms with Gasteiger partial charge in [-0.15, -0.1) is 0 Å². The molecule has 88 valence electrons. The van der Waals surface area contributed by atoms with Gasteiger partial charge in [0.25, 0.3) is 0 Å². The van der Waals surface area contributed by atoms with Crippen molar-refractivity contribution in [3.8, 4) is 0 Å². The van der Waals surface area contributed by atoms with Gasteiger partial charge in [0.05, 0.1) is 6.54 Å². The lowest BCUT2D eigenvalue weighted by molar-refractivity contribution is -0.614. The van der Waals surface area contributed by atoms with Gasteiger partial charge in [0.2, 0.25) is 5.69 Å². The van der Waals surface area contributed by atoms with E-state index < -0.39 is 0 Å². The van der Waals surface area contributed by atoms with Crippen molar-refractivity contribution < 1.29 is 4.73 Å². The van der Waals surface area contributed by atoms with Gasteiger partial charge in [-0.1, -0.05) is 30.3 Å². The van der Waals surface area contributed by atoms with Crippen molar-refractivity contribution in [1.82, 2.24) is 0 Å². The number of aromatic nitrogens is 1. The third kappa shape index (κ3) is 2.63. The van der Waals surface area contributed by atoms with E-state index in [1.165, 1.54) is 5.56 Å². The summed E-state index contributed by atoms with van der Waals surface area (Å²) in [6.45, 7) is 2.19. The van der Waals surface area contributed by atoms with Crippen LogP contribution in [0.15, 0.2) is 42.6 Å². The molecule has 0 bridgehead atoms. The molecule has 2 aromatic rings. The molecular weight excluding hydrogens is 212 g/mol. The molecule has 1 heterocycles. The van der Waals surface area contributed by atoms with Gasteiger partial charge in [0.1, 0.15) is 0 Å². The van der Waals surface area contributed by atoms with Crippen molar-refractivity contribution in [3.63, 3.8) is 0 Å². The molecule has 1 aromatic carbocycles. The first-order valence-electron chi connectivity index (χ1n) is 5.66. The second-order valence-corrected chi connectivity index (χ2v) is 4.18. The molecule has 0 radical (unpaired) electrons. The van der Waals surface area contributed by atoms with Crippen molar-refractivity contribution in [2.75, 3.05) is 0 Å². The van der Waals surface area contributed by atoms with Crippen LogP contribution in [-0.4, -0.2) is 0 Å². The van der Waals surface area contributed by atoms with E-state index in [1.54, 1.807) is 6.20 Å². The van der Waals surface area contributed by atoms with Crippen molar-refractivity contribution in [2.24, 2.45) is 5.73 Å². The summed E-state index contributed by atoms with van der Waals surface area (Å²) < 4.78 is 0.883. The molecule has 0 fully saturated rings. The lowest BCUT2D eigenvalue weighted by Crippen LogP contribution is -2.35. The number of aryl methyl sites for hydroxylation is 1. The molecule has 0 aliphatic heterocycles. The van der Waals surface area contributed by atoms with Gasteiger partial charge >= 0.3 is 0 Å². The van der Waals surface area contributed by atoms with Crippen LogP contribution in [-0.2, 0) is 13.0 Å². The van der Waals surface area contributed by atoms with Crippen LogP contribution in [0.25, 0.3) is 0 Å². The molecule has 2 N–H and O–H groups in total. The summed E-state index contributed by atoms with van der Waals surface area (Å²) >= 11 is 0. The van der Waals surface area contributed by atoms with Gasteiger partial charge in [-0.05, 0) is 18.6 Å². The summed E-state index contributed by atoms with van der Waals surface area (Å²) in [5.74, 6) is 0.